The first-order valence-corrected chi connectivity index (χ1v) is 5.92. The lowest BCUT2D eigenvalue weighted by molar-refractivity contribution is -0.148. The van der Waals surface area contributed by atoms with E-state index >= 15 is 0 Å². The minimum absolute atomic E-state index is 0.669. The predicted octanol–water partition coefficient (Wildman–Crippen LogP) is 1.83. The van der Waals surface area contributed by atoms with Crippen LogP contribution in [0.5, 0.6) is 0 Å². The van der Waals surface area contributed by atoms with E-state index in [9.17, 15) is 9.90 Å². The molecule has 0 radical (unpaired) electrons. The van der Waals surface area contributed by atoms with E-state index in [1.54, 1.807) is 6.20 Å². The van der Waals surface area contributed by atoms with Crippen molar-refractivity contribution in [3.05, 3.63) is 29.6 Å². The molecule has 1 aromatic rings. The van der Waals surface area contributed by atoms with Gasteiger partial charge in [0.1, 0.15) is 5.54 Å². The molecule has 1 unspecified atom stereocenters. The van der Waals surface area contributed by atoms with Gasteiger partial charge in [-0.3, -0.25) is 14.7 Å². The van der Waals surface area contributed by atoms with Crippen molar-refractivity contribution in [2.24, 2.45) is 0 Å². The molecule has 2 heterocycles. The normalized spacial score (nSPS) is 25.1. The van der Waals surface area contributed by atoms with E-state index in [0.29, 0.717) is 6.54 Å². The smallest absolute Gasteiger partial charge is 0.323 e. The Morgan fingerprint density at radius 1 is 1.65 bits per heavy atom. The number of aliphatic carboxylic acids is 1. The van der Waals surface area contributed by atoms with Crippen LogP contribution in [0.25, 0.3) is 0 Å². The summed E-state index contributed by atoms with van der Waals surface area (Å²) in [6, 6.07) is 1.96. The first-order chi connectivity index (χ1) is 8.04. The Balaban J connectivity index is 2.19. The third-order valence-corrected chi connectivity index (χ3v) is 3.76. The molecule has 0 saturated carbocycles. The van der Waals surface area contributed by atoms with Gasteiger partial charge in [0.05, 0.1) is 0 Å². The largest absolute Gasteiger partial charge is 0.480 e. The quantitative estimate of drug-likeness (QED) is 0.867. The topological polar surface area (TPSA) is 53.4 Å². The number of carboxylic acid groups (broad SMARTS) is 1. The van der Waals surface area contributed by atoms with Crippen molar-refractivity contribution in [1.29, 1.82) is 0 Å². The van der Waals surface area contributed by atoms with Gasteiger partial charge in [0.2, 0.25) is 0 Å². The zero-order valence-corrected chi connectivity index (χ0v) is 10.3. The van der Waals surface area contributed by atoms with Crippen molar-refractivity contribution >= 4 is 5.97 Å². The average Bonchev–Trinajstić information content (AvgIpc) is 2.65. The number of hydrogen-bond donors (Lipinski definition) is 1. The van der Waals surface area contributed by atoms with Gasteiger partial charge < -0.3 is 5.11 Å². The summed E-state index contributed by atoms with van der Waals surface area (Å²) in [5.74, 6) is -0.725. The molecule has 1 fully saturated rings. The summed E-state index contributed by atoms with van der Waals surface area (Å²) in [6.07, 6.45) is 5.26. The second kappa shape index (κ2) is 4.45. The van der Waals surface area contributed by atoms with E-state index in [4.69, 9.17) is 0 Å². The summed E-state index contributed by atoms with van der Waals surface area (Å²) >= 11 is 0. The van der Waals surface area contributed by atoms with E-state index in [1.807, 2.05) is 31.0 Å². The molecule has 0 aromatic carbocycles. The molecule has 0 spiro atoms. The van der Waals surface area contributed by atoms with Crippen LogP contribution in [0.2, 0.25) is 0 Å². The fourth-order valence-corrected chi connectivity index (χ4v) is 2.38. The van der Waals surface area contributed by atoms with Gasteiger partial charge in [-0.1, -0.05) is 0 Å². The lowest BCUT2D eigenvalue weighted by Gasteiger charge is -2.31. The third kappa shape index (κ3) is 2.17. The summed E-state index contributed by atoms with van der Waals surface area (Å²) < 4.78 is 0. The Kier molecular flexibility index (Phi) is 3.15. The van der Waals surface area contributed by atoms with Crippen molar-refractivity contribution in [3.8, 4) is 0 Å². The van der Waals surface area contributed by atoms with Gasteiger partial charge in [-0.25, -0.2) is 0 Å². The number of nitrogens with zero attached hydrogens (tertiary/aromatic N) is 2. The van der Waals surface area contributed by atoms with Crippen LogP contribution in [-0.4, -0.2) is 33.0 Å². The zero-order chi connectivity index (χ0) is 12.5. The van der Waals surface area contributed by atoms with Crippen LogP contribution in [0.1, 0.15) is 30.9 Å². The molecule has 0 aliphatic carbocycles. The van der Waals surface area contributed by atoms with Crippen LogP contribution in [0.4, 0.5) is 0 Å². The Labute approximate surface area is 101 Å². The monoisotopic (exact) mass is 234 g/mol. The maximum absolute atomic E-state index is 11.4. The molecular weight excluding hydrogens is 216 g/mol. The Bertz CT molecular complexity index is 433. The van der Waals surface area contributed by atoms with Crippen molar-refractivity contribution in [2.45, 2.75) is 38.8 Å². The highest BCUT2D eigenvalue weighted by Gasteiger charge is 2.43. The first kappa shape index (κ1) is 12.0. The van der Waals surface area contributed by atoms with Crippen molar-refractivity contribution in [1.82, 2.24) is 9.88 Å². The van der Waals surface area contributed by atoms with Crippen LogP contribution < -0.4 is 0 Å². The van der Waals surface area contributed by atoms with Gasteiger partial charge in [0, 0.05) is 18.9 Å². The molecule has 1 saturated heterocycles. The molecule has 1 aromatic heterocycles. The highest BCUT2D eigenvalue weighted by molar-refractivity contribution is 5.78. The minimum atomic E-state index is -0.725. The summed E-state index contributed by atoms with van der Waals surface area (Å²) in [5, 5.41) is 9.33. The van der Waals surface area contributed by atoms with E-state index in [-0.39, 0.29) is 0 Å². The standard InChI is InChI=1S/C13H18N2O2/c1-10-4-6-14-8-11(10)9-15-7-3-5-13(15,2)12(16)17/h4,6,8H,3,5,7,9H2,1-2H3,(H,16,17). The van der Waals surface area contributed by atoms with Crippen molar-refractivity contribution in [3.63, 3.8) is 0 Å². The number of rotatable bonds is 3. The Morgan fingerprint density at radius 2 is 2.41 bits per heavy atom. The number of carboxylic acids is 1. The highest BCUT2D eigenvalue weighted by Crippen LogP contribution is 2.31. The zero-order valence-electron chi connectivity index (χ0n) is 10.3. The Morgan fingerprint density at radius 3 is 3.06 bits per heavy atom. The van der Waals surface area contributed by atoms with E-state index in [0.717, 1.165) is 24.9 Å². The average molecular weight is 234 g/mol. The first-order valence-electron chi connectivity index (χ1n) is 5.92. The van der Waals surface area contributed by atoms with E-state index < -0.39 is 11.5 Å². The fraction of sp³-hybridized carbons (Fsp3) is 0.538. The number of carbonyl (C=O) groups is 1. The minimum Gasteiger partial charge on any atom is -0.480 e. The van der Waals surface area contributed by atoms with Gasteiger partial charge in [-0.2, -0.15) is 0 Å². The summed E-state index contributed by atoms with van der Waals surface area (Å²) in [5.41, 5.74) is 1.56. The number of likely N-dealkylation sites (tertiary alicyclic amines) is 1. The maximum Gasteiger partial charge on any atom is 0.323 e. The van der Waals surface area contributed by atoms with Crippen LogP contribution in [0.15, 0.2) is 18.5 Å². The SMILES string of the molecule is Cc1ccncc1CN1CCCC1(C)C(=O)O. The number of aryl methyl sites for hydroxylation is 1. The molecule has 4 nitrogen and oxygen atoms in total. The number of aromatic nitrogens is 1. The lowest BCUT2D eigenvalue weighted by atomic mass is 9.98. The molecule has 1 aliphatic heterocycles. The summed E-state index contributed by atoms with van der Waals surface area (Å²) in [6.45, 7) is 5.36. The van der Waals surface area contributed by atoms with Crippen molar-refractivity contribution < 1.29 is 9.90 Å². The molecule has 0 amide bonds. The van der Waals surface area contributed by atoms with Gasteiger partial charge in [-0.15, -0.1) is 0 Å². The lowest BCUT2D eigenvalue weighted by Crippen LogP contribution is -2.47. The Hall–Kier alpha value is -1.42. The predicted molar refractivity (Wildman–Crippen MR) is 64.7 cm³/mol. The molecule has 1 N–H and O–H groups in total. The second-order valence-electron chi connectivity index (χ2n) is 4.91. The number of pyridine rings is 1. The molecule has 1 atom stereocenters. The van der Waals surface area contributed by atoms with Crippen LogP contribution in [-0.2, 0) is 11.3 Å². The number of hydrogen-bond acceptors (Lipinski definition) is 3. The van der Waals surface area contributed by atoms with Gasteiger partial charge in [0.15, 0.2) is 0 Å². The molecule has 1 aliphatic rings. The van der Waals surface area contributed by atoms with Crippen LogP contribution in [0.3, 0.4) is 0 Å². The molecule has 2 rings (SSSR count). The van der Waals surface area contributed by atoms with Crippen molar-refractivity contribution in [2.75, 3.05) is 6.54 Å². The van der Waals surface area contributed by atoms with Gasteiger partial charge in [-0.05, 0) is 50.4 Å². The third-order valence-electron chi connectivity index (χ3n) is 3.76. The van der Waals surface area contributed by atoms with E-state index in [2.05, 4.69) is 4.98 Å². The summed E-state index contributed by atoms with van der Waals surface area (Å²) in [4.78, 5) is 17.5. The van der Waals surface area contributed by atoms with Gasteiger partial charge >= 0.3 is 5.97 Å². The highest BCUT2D eigenvalue weighted by atomic mass is 16.4. The van der Waals surface area contributed by atoms with Crippen LogP contribution in [0, 0.1) is 6.92 Å². The molecule has 17 heavy (non-hydrogen) atoms. The molecular formula is C13H18N2O2. The fourth-order valence-electron chi connectivity index (χ4n) is 2.38. The maximum atomic E-state index is 11.4. The molecule has 92 valence electrons. The van der Waals surface area contributed by atoms with Gasteiger partial charge in [0.25, 0.3) is 0 Å². The summed E-state index contributed by atoms with van der Waals surface area (Å²) in [7, 11) is 0. The van der Waals surface area contributed by atoms with Crippen LogP contribution >= 0.6 is 0 Å². The van der Waals surface area contributed by atoms with E-state index in [1.165, 1.54) is 5.56 Å². The molecule has 0 bridgehead atoms. The molecule has 4 heteroatoms. The second-order valence-corrected chi connectivity index (χ2v) is 4.91.